The number of benzene rings is 4. The first-order valence-corrected chi connectivity index (χ1v) is 14.6. The monoisotopic (exact) mass is 635 g/mol. The minimum Gasteiger partial charge on any atom is -0.497 e. The van der Waals surface area contributed by atoms with Crippen LogP contribution in [0.5, 0.6) is 11.5 Å². The van der Waals surface area contributed by atoms with E-state index in [1.54, 1.807) is 98.1 Å². The smallest absolute Gasteiger partial charge is 0.272 e. The van der Waals surface area contributed by atoms with Gasteiger partial charge in [-0.2, -0.15) is 0 Å². The van der Waals surface area contributed by atoms with Crippen molar-refractivity contribution in [2.75, 3.05) is 30.6 Å². The molecule has 0 aromatic heterocycles. The van der Waals surface area contributed by atoms with Crippen LogP contribution >= 0.6 is 35.0 Å². The predicted octanol–water partition coefficient (Wildman–Crippen LogP) is 7.15. The molecule has 0 aliphatic carbocycles. The number of halogens is 2. The van der Waals surface area contributed by atoms with E-state index in [4.69, 9.17) is 32.7 Å². The van der Waals surface area contributed by atoms with Gasteiger partial charge in [0.1, 0.15) is 17.2 Å². The van der Waals surface area contributed by atoms with Crippen LogP contribution in [0.4, 0.5) is 11.4 Å². The highest BCUT2D eigenvalue weighted by Crippen LogP contribution is 2.30. The first kappa shape index (κ1) is 31.5. The fourth-order valence-electron chi connectivity index (χ4n) is 3.81. The number of rotatable bonds is 11. The van der Waals surface area contributed by atoms with Gasteiger partial charge in [0.05, 0.1) is 25.7 Å². The van der Waals surface area contributed by atoms with Gasteiger partial charge in [0.2, 0.25) is 5.91 Å². The molecule has 0 saturated carbocycles. The lowest BCUT2D eigenvalue weighted by Gasteiger charge is -2.13. The van der Waals surface area contributed by atoms with Gasteiger partial charge in [-0.25, -0.2) is 0 Å². The van der Waals surface area contributed by atoms with Crippen molar-refractivity contribution in [3.8, 4) is 11.5 Å². The number of hydrogen-bond donors (Lipinski definition) is 3. The Labute approximate surface area is 263 Å². The highest BCUT2D eigenvalue weighted by Gasteiger charge is 2.17. The molecule has 11 heteroatoms. The Morgan fingerprint density at radius 3 is 2.16 bits per heavy atom. The van der Waals surface area contributed by atoms with Gasteiger partial charge in [-0.05, 0) is 66.7 Å². The van der Waals surface area contributed by atoms with Crippen molar-refractivity contribution < 1.29 is 23.9 Å². The van der Waals surface area contributed by atoms with Crippen molar-refractivity contribution >= 4 is 70.1 Å². The third-order valence-electron chi connectivity index (χ3n) is 5.98. The summed E-state index contributed by atoms with van der Waals surface area (Å²) in [5.74, 6) is -0.00469. The van der Waals surface area contributed by atoms with Crippen molar-refractivity contribution in [1.29, 1.82) is 0 Å². The van der Waals surface area contributed by atoms with Crippen LogP contribution in [0.25, 0.3) is 6.08 Å². The standard InChI is InChI=1S/C32H27Cl2N3O5S/c1-41-22-13-16-27(29(17-22)42-2)36-30(38)19-43-23-14-11-21(12-15-23)35-32(40)28(18-24-25(33)9-6-10-26(24)34)37-31(39)20-7-4-3-5-8-20/h3-18H,19H2,1-2H3,(H,35,40)(H,36,38)(H,37,39)/b28-18-. The quantitative estimate of drug-likeness (QED) is 0.119. The van der Waals surface area contributed by atoms with Crippen molar-refractivity contribution in [1.82, 2.24) is 5.32 Å². The fourth-order valence-corrected chi connectivity index (χ4v) is 5.01. The van der Waals surface area contributed by atoms with Gasteiger partial charge in [-0.3, -0.25) is 14.4 Å². The number of thioether (sulfide) groups is 1. The predicted molar refractivity (Wildman–Crippen MR) is 172 cm³/mol. The minimum atomic E-state index is -0.575. The molecule has 43 heavy (non-hydrogen) atoms. The average Bonchev–Trinajstić information content (AvgIpc) is 3.02. The van der Waals surface area contributed by atoms with Crippen LogP contribution in [0.2, 0.25) is 10.0 Å². The Bertz CT molecular complexity index is 1630. The van der Waals surface area contributed by atoms with E-state index < -0.39 is 11.8 Å². The number of methoxy groups -OCH3 is 2. The maximum atomic E-state index is 13.3. The first-order chi connectivity index (χ1) is 20.8. The third kappa shape index (κ3) is 8.78. The molecule has 4 aromatic rings. The third-order valence-corrected chi connectivity index (χ3v) is 7.65. The number of carbonyl (C=O) groups is 3. The fraction of sp³-hybridized carbons (Fsp3) is 0.0938. The Hall–Kier alpha value is -4.44. The van der Waals surface area contributed by atoms with Crippen LogP contribution in [-0.2, 0) is 9.59 Å². The number of ether oxygens (including phenoxy) is 2. The Morgan fingerprint density at radius 1 is 0.814 bits per heavy atom. The second-order valence-electron chi connectivity index (χ2n) is 8.90. The molecule has 0 atom stereocenters. The summed E-state index contributed by atoms with van der Waals surface area (Å²) >= 11 is 14.0. The second-order valence-corrected chi connectivity index (χ2v) is 10.8. The molecular formula is C32H27Cl2N3O5S. The van der Waals surface area contributed by atoms with Gasteiger partial charge in [0, 0.05) is 37.8 Å². The van der Waals surface area contributed by atoms with E-state index in [9.17, 15) is 14.4 Å². The zero-order valence-corrected chi connectivity index (χ0v) is 25.5. The van der Waals surface area contributed by atoms with Crippen molar-refractivity contribution in [3.05, 3.63) is 118 Å². The van der Waals surface area contributed by atoms with E-state index in [-0.39, 0.29) is 17.4 Å². The molecule has 0 aliphatic heterocycles. The van der Waals surface area contributed by atoms with Crippen LogP contribution in [0.15, 0.2) is 102 Å². The lowest BCUT2D eigenvalue weighted by molar-refractivity contribution is -0.114. The molecule has 0 heterocycles. The normalized spacial score (nSPS) is 10.9. The highest BCUT2D eigenvalue weighted by atomic mass is 35.5. The summed E-state index contributed by atoms with van der Waals surface area (Å²) < 4.78 is 10.5. The molecule has 4 rings (SSSR count). The Morgan fingerprint density at radius 2 is 1.51 bits per heavy atom. The zero-order valence-electron chi connectivity index (χ0n) is 23.2. The Kier molecular flexibility index (Phi) is 11.1. The molecule has 0 spiro atoms. The Balaban J connectivity index is 1.42. The second kappa shape index (κ2) is 15.2. The van der Waals surface area contributed by atoms with E-state index >= 15 is 0 Å². The number of amides is 3. The summed E-state index contributed by atoms with van der Waals surface area (Å²) in [5, 5.41) is 8.92. The van der Waals surface area contributed by atoms with Crippen LogP contribution in [-0.4, -0.2) is 37.7 Å². The van der Waals surface area contributed by atoms with Crippen molar-refractivity contribution in [3.63, 3.8) is 0 Å². The summed E-state index contributed by atoms with van der Waals surface area (Å²) in [5.41, 5.74) is 1.73. The molecule has 220 valence electrons. The maximum Gasteiger partial charge on any atom is 0.272 e. The van der Waals surface area contributed by atoms with E-state index in [1.807, 2.05) is 0 Å². The highest BCUT2D eigenvalue weighted by molar-refractivity contribution is 8.00. The van der Waals surface area contributed by atoms with Crippen LogP contribution in [0.3, 0.4) is 0 Å². The largest absolute Gasteiger partial charge is 0.497 e. The van der Waals surface area contributed by atoms with E-state index in [0.29, 0.717) is 44.0 Å². The zero-order chi connectivity index (χ0) is 30.8. The average molecular weight is 637 g/mol. The molecule has 0 unspecified atom stereocenters. The molecule has 0 aliphatic rings. The van der Waals surface area contributed by atoms with Gasteiger partial charge < -0.3 is 25.4 Å². The number of nitrogens with one attached hydrogen (secondary N) is 3. The van der Waals surface area contributed by atoms with Crippen molar-refractivity contribution in [2.24, 2.45) is 0 Å². The maximum absolute atomic E-state index is 13.3. The van der Waals surface area contributed by atoms with Gasteiger partial charge in [-0.1, -0.05) is 47.5 Å². The summed E-state index contributed by atoms with van der Waals surface area (Å²) in [7, 11) is 3.07. The van der Waals surface area contributed by atoms with E-state index in [2.05, 4.69) is 16.0 Å². The van der Waals surface area contributed by atoms with Gasteiger partial charge >= 0.3 is 0 Å². The van der Waals surface area contributed by atoms with Crippen molar-refractivity contribution in [2.45, 2.75) is 4.90 Å². The number of carbonyl (C=O) groups excluding carboxylic acids is 3. The van der Waals surface area contributed by atoms with Crippen LogP contribution < -0.4 is 25.4 Å². The topological polar surface area (TPSA) is 106 Å². The minimum absolute atomic E-state index is 0.0482. The summed E-state index contributed by atoms with van der Waals surface area (Å²) in [6.45, 7) is 0. The van der Waals surface area contributed by atoms with Gasteiger partial charge in [0.25, 0.3) is 11.8 Å². The number of anilines is 2. The lowest BCUT2D eigenvalue weighted by atomic mass is 10.1. The van der Waals surface area contributed by atoms with Gasteiger partial charge in [-0.15, -0.1) is 11.8 Å². The molecule has 3 amide bonds. The first-order valence-electron chi connectivity index (χ1n) is 12.9. The molecule has 4 aromatic carbocycles. The summed E-state index contributed by atoms with van der Waals surface area (Å²) in [6, 6.07) is 25.5. The van der Waals surface area contributed by atoms with E-state index in [1.165, 1.54) is 24.9 Å². The summed E-state index contributed by atoms with van der Waals surface area (Å²) in [4.78, 5) is 39.6. The molecule has 8 nitrogen and oxygen atoms in total. The molecule has 3 N–H and O–H groups in total. The molecular weight excluding hydrogens is 609 g/mol. The molecule has 0 radical (unpaired) electrons. The lowest BCUT2D eigenvalue weighted by Crippen LogP contribution is -2.30. The summed E-state index contributed by atoms with van der Waals surface area (Å²) in [6.07, 6.45) is 1.43. The van der Waals surface area contributed by atoms with Gasteiger partial charge in [0.15, 0.2) is 0 Å². The van der Waals surface area contributed by atoms with Crippen LogP contribution in [0, 0.1) is 0 Å². The van der Waals surface area contributed by atoms with E-state index in [0.717, 1.165) is 4.90 Å². The molecule has 0 bridgehead atoms. The molecule has 0 saturated heterocycles. The number of hydrogen-bond acceptors (Lipinski definition) is 6. The van der Waals surface area contributed by atoms with Crippen LogP contribution in [0.1, 0.15) is 15.9 Å². The molecule has 0 fully saturated rings. The SMILES string of the molecule is COc1ccc(NC(=O)CSc2ccc(NC(=O)/C(=C/c3c(Cl)cccc3Cl)NC(=O)c3ccccc3)cc2)c(OC)c1.